The van der Waals surface area contributed by atoms with Crippen molar-refractivity contribution >= 4 is 34.4 Å². The number of aryl methyl sites for hydroxylation is 1. The van der Waals surface area contributed by atoms with Crippen LogP contribution >= 0.6 is 0 Å². The molecule has 3 rings (SSSR count). The number of hydrogen-bond acceptors (Lipinski definition) is 5. The molecule has 0 radical (unpaired) electrons. The highest BCUT2D eigenvalue weighted by Gasteiger charge is 2.08. The molecule has 0 atom stereocenters. The number of anilines is 1. The Morgan fingerprint density at radius 1 is 0.865 bits per heavy atom. The standard InChI is InChI=1S/C29H33N3O5/c1-37-28(34)19-18-27(33)32(36)20-7-3-2-4-9-22-14-16-23(17-15-22)21-30-29(35)31-26-13-8-11-24-10-5-6-12-25(24)26/h5-6,8,10-19,36H,2-4,7,9,20-21H2,1H3,(H2,30,31,35)/b19-18+. The van der Waals surface area contributed by atoms with Crippen molar-refractivity contribution in [1.29, 1.82) is 0 Å². The molecule has 3 aromatic rings. The zero-order valence-electron chi connectivity index (χ0n) is 21.0. The van der Waals surface area contributed by atoms with Gasteiger partial charge in [-0.25, -0.2) is 14.7 Å². The van der Waals surface area contributed by atoms with E-state index in [2.05, 4.69) is 27.5 Å². The zero-order chi connectivity index (χ0) is 26.5. The van der Waals surface area contributed by atoms with Gasteiger partial charge in [0.2, 0.25) is 0 Å². The number of ether oxygens (including phenoxy) is 1. The summed E-state index contributed by atoms with van der Waals surface area (Å²) in [6, 6.07) is 21.7. The quantitative estimate of drug-likeness (QED) is 0.103. The van der Waals surface area contributed by atoms with Crippen LogP contribution in [0.15, 0.2) is 78.9 Å². The molecule has 0 unspecified atom stereocenters. The number of methoxy groups -OCH3 is 1. The second kappa shape index (κ2) is 14.4. The molecule has 0 spiro atoms. The number of unbranched alkanes of at least 4 members (excludes halogenated alkanes) is 3. The fourth-order valence-corrected chi connectivity index (χ4v) is 3.85. The number of hydroxylamine groups is 2. The lowest BCUT2D eigenvalue weighted by Crippen LogP contribution is -2.28. The van der Waals surface area contributed by atoms with Crippen LogP contribution < -0.4 is 10.6 Å². The summed E-state index contributed by atoms with van der Waals surface area (Å²) in [7, 11) is 1.22. The van der Waals surface area contributed by atoms with Gasteiger partial charge in [-0.15, -0.1) is 0 Å². The van der Waals surface area contributed by atoms with Crippen LogP contribution in [-0.4, -0.2) is 41.8 Å². The Morgan fingerprint density at radius 2 is 1.57 bits per heavy atom. The number of nitrogens with zero attached hydrogens (tertiary/aromatic N) is 1. The summed E-state index contributed by atoms with van der Waals surface area (Å²) in [4.78, 5) is 35.0. The topological polar surface area (TPSA) is 108 Å². The molecule has 0 saturated heterocycles. The molecule has 194 valence electrons. The smallest absolute Gasteiger partial charge is 0.330 e. The van der Waals surface area contributed by atoms with Crippen LogP contribution in [0.2, 0.25) is 0 Å². The van der Waals surface area contributed by atoms with E-state index in [1.165, 1.54) is 12.7 Å². The average Bonchev–Trinajstić information content (AvgIpc) is 2.92. The van der Waals surface area contributed by atoms with Crippen LogP contribution in [0.5, 0.6) is 0 Å². The molecule has 0 saturated carbocycles. The van der Waals surface area contributed by atoms with Gasteiger partial charge < -0.3 is 15.4 Å². The van der Waals surface area contributed by atoms with E-state index in [1.807, 2.05) is 54.6 Å². The minimum atomic E-state index is -0.647. The van der Waals surface area contributed by atoms with Crippen LogP contribution in [0.25, 0.3) is 10.8 Å². The molecule has 0 bridgehead atoms. The molecular formula is C29H33N3O5. The van der Waals surface area contributed by atoms with Gasteiger partial charge in [-0.3, -0.25) is 10.0 Å². The summed E-state index contributed by atoms with van der Waals surface area (Å²) < 4.78 is 4.40. The predicted molar refractivity (Wildman–Crippen MR) is 143 cm³/mol. The number of carbonyl (C=O) groups is 3. The molecule has 0 aliphatic rings. The maximum Gasteiger partial charge on any atom is 0.330 e. The van der Waals surface area contributed by atoms with Crippen LogP contribution in [0.3, 0.4) is 0 Å². The van der Waals surface area contributed by atoms with E-state index in [4.69, 9.17) is 0 Å². The maximum absolute atomic E-state index is 12.4. The van der Waals surface area contributed by atoms with E-state index in [1.54, 1.807) is 0 Å². The Kier molecular flexibility index (Phi) is 10.7. The summed E-state index contributed by atoms with van der Waals surface area (Å²) in [5.41, 5.74) is 3.02. The third-order valence-electron chi connectivity index (χ3n) is 5.92. The first-order valence-electron chi connectivity index (χ1n) is 12.3. The van der Waals surface area contributed by atoms with Crippen LogP contribution in [0.1, 0.15) is 36.8 Å². The van der Waals surface area contributed by atoms with Crippen molar-refractivity contribution < 1.29 is 24.3 Å². The van der Waals surface area contributed by atoms with Gasteiger partial charge in [0.15, 0.2) is 0 Å². The first-order chi connectivity index (χ1) is 18.0. The van der Waals surface area contributed by atoms with E-state index in [0.717, 1.165) is 59.9 Å². The lowest BCUT2D eigenvalue weighted by molar-refractivity contribution is -0.159. The van der Waals surface area contributed by atoms with Gasteiger partial charge in [0.1, 0.15) is 0 Å². The molecular weight excluding hydrogens is 470 g/mol. The third kappa shape index (κ3) is 9.09. The number of hydrogen-bond donors (Lipinski definition) is 3. The Hall–Kier alpha value is -4.17. The highest BCUT2D eigenvalue weighted by molar-refractivity contribution is 6.01. The number of rotatable bonds is 12. The molecule has 0 aliphatic heterocycles. The normalized spacial score (nSPS) is 10.9. The van der Waals surface area contributed by atoms with Gasteiger partial charge in [-0.1, -0.05) is 73.5 Å². The van der Waals surface area contributed by atoms with Crippen molar-refractivity contribution in [3.8, 4) is 0 Å². The van der Waals surface area contributed by atoms with Gasteiger partial charge in [0.25, 0.3) is 5.91 Å². The fraction of sp³-hybridized carbons (Fsp3) is 0.276. The first-order valence-corrected chi connectivity index (χ1v) is 12.3. The molecule has 8 nitrogen and oxygen atoms in total. The predicted octanol–water partition coefficient (Wildman–Crippen LogP) is 5.21. The van der Waals surface area contributed by atoms with Crippen molar-refractivity contribution in [3.05, 3.63) is 90.0 Å². The Morgan fingerprint density at radius 3 is 2.35 bits per heavy atom. The summed E-state index contributed by atoms with van der Waals surface area (Å²) >= 11 is 0. The monoisotopic (exact) mass is 503 g/mol. The van der Waals surface area contributed by atoms with Crippen molar-refractivity contribution in [3.63, 3.8) is 0 Å². The molecule has 0 heterocycles. The lowest BCUT2D eigenvalue weighted by Gasteiger charge is -2.12. The highest BCUT2D eigenvalue weighted by atomic mass is 16.5. The number of fused-ring (bicyclic) bond motifs is 1. The second-order valence-electron chi connectivity index (χ2n) is 8.63. The van der Waals surface area contributed by atoms with E-state index in [0.29, 0.717) is 18.0 Å². The average molecular weight is 504 g/mol. The second-order valence-corrected chi connectivity index (χ2v) is 8.63. The third-order valence-corrected chi connectivity index (χ3v) is 5.92. The number of urea groups is 1. The largest absolute Gasteiger partial charge is 0.466 e. The lowest BCUT2D eigenvalue weighted by atomic mass is 10.0. The van der Waals surface area contributed by atoms with Gasteiger partial charge in [0.05, 0.1) is 12.8 Å². The number of amides is 3. The molecule has 0 fully saturated rings. The Labute approximate surface area is 216 Å². The van der Waals surface area contributed by atoms with Crippen molar-refractivity contribution in [1.82, 2.24) is 10.4 Å². The summed E-state index contributed by atoms with van der Waals surface area (Å²) in [6.07, 6.45) is 6.40. The zero-order valence-corrected chi connectivity index (χ0v) is 21.0. The van der Waals surface area contributed by atoms with Gasteiger partial charge >= 0.3 is 12.0 Å². The summed E-state index contributed by atoms with van der Waals surface area (Å²) in [5.74, 6) is -1.29. The minimum absolute atomic E-state index is 0.208. The number of esters is 1. The molecule has 37 heavy (non-hydrogen) atoms. The SMILES string of the molecule is COC(=O)/C=C/C(=O)N(O)CCCCCCc1ccc(CNC(=O)Nc2cccc3ccccc23)cc1. The summed E-state index contributed by atoms with van der Waals surface area (Å²) in [6.45, 7) is 0.641. The van der Waals surface area contributed by atoms with Gasteiger partial charge in [0, 0.05) is 30.6 Å². The highest BCUT2D eigenvalue weighted by Crippen LogP contribution is 2.22. The summed E-state index contributed by atoms with van der Waals surface area (Å²) in [5, 5.41) is 18.2. The van der Waals surface area contributed by atoms with Crippen molar-refractivity contribution in [2.24, 2.45) is 0 Å². The number of carbonyl (C=O) groups excluding carboxylic acids is 3. The Bertz CT molecular complexity index is 1220. The van der Waals surface area contributed by atoms with Crippen molar-refractivity contribution in [2.45, 2.75) is 38.6 Å². The molecule has 3 aromatic carbocycles. The van der Waals surface area contributed by atoms with Crippen LogP contribution in [-0.2, 0) is 27.3 Å². The van der Waals surface area contributed by atoms with Gasteiger partial charge in [-0.2, -0.15) is 0 Å². The maximum atomic E-state index is 12.4. The van der Waals surface area contributed by atoms with Crippen molar-refractivity contribution in [2.75, 3.05) is 19.0 Å². The van der Waals surface area contributed by atoms with Crippen LogP contribution in [0, 0.1) is 0 Å². The van der Waals surface area contributed by atoms with Crippen LogP contribution in [0.4, 0.5) is 10.5 Å². The molecule has 8 heteroatoms. The van der Waals surface area contributed by atoms with E-state index >= 15 is 0 Å². The molecule has 0 aromatic heterocycles. The number of nitrogens with one attached hydrogen (secondary N) is 2. The van der Waals surface area contributed by atoms with Gasteiger partial charge in [-0.05, 0) is 41.8 Å². The molecule has 3 amide bonds. The van der Waals surface area contributed by atoms with E-state index in [9.17, 15) is 19.6 Å². The number of benzene rings is 3. The van der Waals surface area contributed by atoms with E-state index in [-0.39, 0.29) is 12.6 Å². The minimum Gasteiger partial charge on any atom is -0.466 e. The molecule has 0 aliphatic carbocycles. The molecule has 3 N–H and O–H groups in total. The first kappa shape index (κ1) is 27.4. The van der Waals surface area contributed by atoms with E-state index < -0.39 is 11.9 Å². The Balaban J connectivity index is 1.31. The fourth-order valence-electron chi connectivity index (χ4n) is 3.85.